The predicted octanol–water partition coefficient (Wildman–Crippen LogP) is 3.67. The molecular weight excluding hydrogens is 471 g/mol. The summed E-state index contributed by atoms with van der Waals surface area (Å²) in [6.07, 6.45) is 1.49. The molecule has 0 aromatic heterocycles. The van der Waals surface area contributed by atoms with Crippen molar-refractivity contribution < 1.29 is 34.2 Å². The van der Waals surface area contributed by atoms with Gasteiger partial charge in [-0.05, 0) is 73.6 Å². The minimum atomic E-state index is -1.09. The maximum absolute atomic E-state index is 10.6. The van der Waals surface area contributed by atoms with Crippen LogP contribution < -0.4 is 4.74 Å². The molecule has 7 rings (SSSR count). The molecule has 0 radical (unpaired) electrons. The number of rotatable bonds is 5. The summed E-state index contributed by atoms with van der Waals surface area (Å²) in [5.74, 6) is 2.80. The quantitative estimate of drug-likeness (QED) is 0.363. The Morgan fingerprint density at radius 1 is 1.15 bits per heavy atom. The van der Waals surface area contributed by atoms with E-state index < -0.39 is 30.7 Å². The third-order valence-electron chi connectivity index (χ3n) is 7.97. The molecular formula is C24H28Cl2O7. The van der Waals surface area contributed by atoms with Crippen LogP contribution in [0.15, 0.2) is 23.8 Å². The molecule has 7 nitrogen and oxygen atoms in total. The first-order valence-corrected chi connectivity index (χ1v) is 12.3. The van der Waals surface area contributed by atoms with Gasteiger partial charge in [0.05, 0.1) is 18.7 Å². The summed E-state index contributed by atoms with van der Waals surface area (Å²) in [7, 11) is 1.70. The molecule has 0 amide bonds. The van der Waals surface area contributed by atoms with Crippen molar-refractivity contribution in [2.45, 2.75) is 67.7 Å². The van der Waals surface area contributed by atoms with Gasteiger partial charge < -0.3 is 24.4 Å². The van der Waals surface area contributed by atoms with Gasteiger partial charge in [-0.2, -0.15) is 0 Å². The normalized spacial score (nSPS) is 43.1. The highest BCUT2D eigenvalue weighted by Crippen LogP contribution is 2.61. The first kappa shape index (κ1) is 22.4. The molecule has 0 spiro atoms. The van der Waals surface area contributed by atoms with Gasteiger partial charge in [0.25, 0.3) is 0 Å². The Balaban J connectivity index is 1.30. The zero-order chi connectivity index (χ0) is 22.9. The standard InChI is InChI=1S/C24H28Cl2O7/c1-29-20(18-13-4-11-5-14(18)9-24(26,7-11)8-13)12-2-3-15(25)16(6-12)30-23-19(28)22-21(32-33-22)17(10-27)31-23/h2-3,6,11,13-14,17,19,21-23,27-28H,4-5,7-10H2,1H3. The second-order valence-electron chi connectivity index (χ2n) is 10.1. The van der Waals surface area contributed by atoms with Gasteiger partial charge in [-0.1, -0.05) is 11.6 Å². The van der Waals surface area contributed by atoms with E-state index in [1.165, 1.54) is 18.4 Å². The van der Waals surface area contributed by atoms with E-state index >= 15 is 0 Å². The number of hydrogen-bond acceptors (Lipinski definition) is 7. The van der Waals surface area contributed by atoms with Crippen molar-refractivity contribution in [1.29, 1.82) is 0 Å². The lowest BCUT2D eigenvalue weighted by molar-refractivity contribution is -0.517. The third kappa shape index (κ3) is 3.68. The summed E-state index contributed by atoms with van der Waals surface area (Å²) in [5.41, 5.74) is 2.23. The maximum Gasteiger partial charge on any atom is 0.229 e. The van der Waals surface area contributed by atoms with E-state index in [9.17, 15) is 10.2 Å². The molecule has 4 saturated carbocycles. The molecule has 180 valence electrons. The fourth-order valence-corrected chi connectivity index (χ4v) is 7.52. The summed E-state index contributed by atoms with van der Waals surface area (Å²) >= 11 is 13.4. The van der Waals surface area contributed by atoms with E-state index in [1.54, 1.807) is 13.2 Å². The van der Waals surface area contributed by atoms with E-state index in [-0.39, 0.29) is 11.5 Å². The van der Waals surface area contributed by atoms with Crippen LogP contribution >= 0.6 is 23.2 Å². The molecule has 2 aliphatic heterocycles. The third-order valence-corrected chi connectivity index (χ3v) is 8.74. The van der Waals surface area contributed by atoms with Gasteiger partial charge in [-0.3, -0.25) is 0 Å². The van der Waals surface area contributed by atoms with Gasteiger partial charge in [0, 0.05) is 10.4 Å². The fraction of sp³-hybridized carbons (Fsp3) is 0.667. The van der Waals surface area contributed by atoms with Crippen LogP contribution in [0, 0.1) is 17.8 Å². The molecule has 4 aliphatic carbocycles. The van der Waals surface area contributed by atoms with Crippen molar-refractivity contribution in [2.75, 3.05) is 13.7 Å². The highest BCUT2D eigenvalue weighted by molar-refractivity contribution is 6.32. The van der Waals surface area contributed by atoms with Crippen molar-refractivity contribution in [3.8, 4) is 5.75 Å². The van der Waals surface area contributed by atoms with Gasteiger partial charge in [-0.25, -0.2) is 9.78 Å². The Labute approximate surface area is 202 Å². The van der Waals surface area contributed by atoms with Crippen LogP contribution in [0.1, 0.15) is 37.7 Å². The molecule has 2 saturated heterocycles. The van der Waals surface area contributed by atoms with Gasteiger partial charge in [0.2, 0.25) is 6.29 Å². The maximum atomic E-state index is 10.6. The van der Waals surface area contributed by atoms with Gasteiger partial charge >= 0.3 is 0 Å². The van der Waals surface area contributed by atoms with Gasteiger partial charge in [0.15, 0.2) is 12.2 Å². The largest absolute Gasteiger partial charge is 0.496 e. The molecule has 1 aromatic rings. The Hall–Kier alpha value is -1.06. The molecule has 7 atom stereocenters. The zero-order valence-corrected chi connectivity index (χ0v) is 19.8. The molecule has 6 fully saturated rings. The van der Waals surface area contributed by atoms with Crippen LogP contribution in [-0.2, 0) is 19.2 Å². The average molecular weight is 499 g/mol. The van der Waals surface area contributed by atoms with E-state index in [4.69, 9.17) is 47.2 Å². The number of halogens is 2. The molecule has 9 heteroatoms. The molecule has 7 unspecified atom stereocenters. The Morgan fingerprint density at radius 2 is 1.88 bits per heavy atom. The lowest BCUT2D eigenvalue weighted by Gasteiger charge is -2.55. The molecule has 33 heavy (non-hydrogen) atoms. The first-order chi connectivity index (χ1) is 15.9. The Morgan fingerprint density at radius 3 is 2.48 bits per heavy atom. The smallest absolute Gasteiger partial charge is 0.229 e. The summed E-state index contributed by atoms with van der Waals surface area (Å²) in [6, 6.07) is 5.51. The van der Waals surface area contributed by atoms with E-state index in [0.29, 0.717) is 28.5 Å². The molecule has 6 aliphatic rings. The number of alkyl halides is 1. The average Bonchev–Trinajstić information content (AvgIpc) is 2.73. The topological polar surface area (TPSA) is 86.6 Å². The lowest BCUT2D eigenvalue weighted by Crippen LogP contribution is -2.67. The number of aliphatic hydroxyl groups excluding tert-OH is 2. The number of allylic oxidation sites excluding steroid dienone is 1. The Kier molecular flexibility index (Phi) is 5.61. The number of aliphatic hydroxyl groups is 2. The molecule has 2 heterocycles. The molecule has 4 bridgehead atoms. The number of hydrogen-bond donors (Lipinski definition) is 2. The van der Waals surface area contributed by atoms with Crippen LogP contribution in [0.2, 0.25) is 5.02 Å². The summed E-state index contributed by atoms with van der Waals surface area (Å²) in [5, 5.41) is 20.6. The summed E-state index contributed by atoms with van der Waals surface area (Å²) in [6.45, 7) is -0.281. The highest BCUT2D eigenvalue weighted by atomic mass is 35.5. The first-order valence-electron chi connectivity index (χ1n) is 11.6. The van der Waals surface area contributed by atoms with Crippen LogP contribution in [0.3, 0.4) is 0 Å². The molecule has 2 N–H and O–H groups in total. The van der Waals surface area contributed by atoms with Crippen LogP contribution in [0.25, 0.3) is 5.76 Å². The van der Waals surface area contributed by atoms with Crippen LogP contribution in [0.5, 0.6) is 5.75 Å². The Bertz CT molecular complexity index is 946. The van der Waals surface area contributed by atoms with Gasteiger partial charge in [-0.15, -0.1) is 11.6 Å². The van der Waals surface area contributed by atoms with Crippen LogP contribution in [-0.4, -0.2) is 59.5 Å². The number of methoxy groups -OCH3 is 1. The minimum Gasteiger partial charge on any atom is -0.496 e. The van der Waals surface area contributed by atoms with E-state index in [1.807, 2.05) is 12.1 Å². The van der Waals surface area contributed by atoms with Crippen molar-refractivity contribution >= 4 is 29.0 Å². The number of fused-ring (bicyclic) bond motifs is 1. The van der Waals surface area contributed by atoms with Crippen LogP contribution in [0.4, 0.5) is 0 Å². The minimum absolute atomic E-state index is 0.0595. The molecule has 1 aromatic carbocycles. The van der Waals surface area contributed by atoms with Crippen molar-refractivity contribution in [2.24, 2.45) is 17.8 Å². The lowest BCUT2D eigenvalue weighted by atomic mass is 9.53. The zero-order valence-electron chi connectivity index (χ0n) is 18.3. The second kappa shape index (κ2) is 8.26. The highest BCUT2D eigenvalue weighted by Gasteiger charge is 2.55. The van der Waals surface area contributed by atoms with Gasteiger partial charge in [0.1, 0.15) is 23.7 Å². The summed E-state index contributed by atoms with van der Waals surface area (Å²) < 4.78 is 17.7. The van der Waals surface area contributed by atoms with Crippen molar-refractivity contribution in [3.63, 3.8) is 0 Å². The SMILES string of the molecule is COC(=C1C2CC3CC1CC(Cl)(C3)C2)c1ccc(Cl)c(OC2OC(CO)C3OOC3C2O)c1. The monoisotopic (exact) mass is 498 g/mol. The fourth-order valence-electron chi connectivity index (χ4n) is 6.76. The number of ether oxygens (including phenoxy) is 3. The van der Waals surface area contributed by atoms with E-state index in [2.05, 4.69) is 0 Å². The number of benzene rings is 1. The van der Waals surface area contributed by atoms with E-state index in [0.717, 1.165) is 30.6 Å². The summed E-state index contributed by atoms with van der Waals surface area (Å²) in [4.78, 5) is 9.91. The second-order valence-corrected chi connectivity index (χ2v) is 11.3. The van der Waals surface area contributed by atoms with Crippen molar-refractivity contribution in [3.05, 3.63) is 34.4 Å². The van der Waals surface area contributed by atoms with Crippen molar-refractivity contribution in [1.82, 2.24) is 0 Å². The predicted molar refractivity (Wildman–Crippen MR) is 120 cm³/mol.